The predicted octanol–water partition coefficient (Wildman–Crippen LogP) is 3.90. The summed E-state index contributed by atoms with van der Waals surface area (Å²) in [4.78, 5) is 48.4. The van der Waals surface area contributed by atoms with Gasteiger partial charge in [-0.05, 0) is 48.4 Å². The third-order valence-corrected chi connectivity index (χ3v) is 9.82. The fourth-order valence-corrected chi connectivity index (χ4v) is 7.09. The van der Waals surface area contributed by atoms with Gasteiger partial charge in [-0.1, -0.05) is 29.8 Å². The molecule has 1 atom stereocenters. The minimum Gasteiger partial charge on any atom is -0.507 e. The maximum atomic E-state index is 12.8. The molecule has 0 aliphatic rings. The highest BCUT2D eigenvalue weighted by Crippen LogP contribution is 2.25. The van der Waals surface area contributed by atoms with E-state index in [-0.39, 0.29) is 27.7 Å². The summed E-state index contributed by atoms with van der Waals surface area (Å²) in [7, 11) is -3.91. The summed E-state index contributed by atoms with van der Waals surface area (Å²) in [6, 6.07) is 11.8. The van der Waals surface area contributed by atoms with E-state index in [2.05, 4.69) is 5.32 Å². The zero-order chi connectivity index (χ0) is 29.4. The van der Waals surface area contributed by atoms with Gasteiger partial charge in [-0.2, -0.15) is 0 Å². The summed E-state index contributed by atoms with van der Waals surface area (Å²) < 4.78 is 25.4. The molecule has 0 saturated carbocycles. The topological polar surface area (TPSA) is 175 Å². The Hall–Kier alpha value is -3.39. The average Bonchev–Trinajstić information content (AvgIpc) is 3.37. The number of aryl methyl sites for hydroxylation is 1. The van der Waals surface area contributed by atoms with E-state index < -0.39 is 57.2 Å². The number of carboxylic acids is 2. The van der Waals surface area contributed by atoms with Crippen molar-refractivity contribution in [2.75, 3.05) is 11.5 Å². The molecule has 2 aromatic carbocycles. The molecule has 0 saturated heterocycles. The number of aliphatic carboxylic acids is 1. The van der Waals surface area contributed by atoms with Gasteiger partial charge in [0.15, 0.2) is 15.6 Å². The highest BCUT2D eigenvalue weighted by Gasteiger charge is 2.25. The molecule has 1 unspecified atom stereocenters. The van der Waals surface area contributed by atoms with Crippen LogP contribution < -0.4 is 5.32 Å². The van der Waals surface area contributed by atoms with Crippen molar-refractivity contribution in [3.8, 4) is 5.75 Å². The summed E-state index contributed by atoms with van der Waals surface area (Å²) in [5, 5.41) is 31.0. The first-order valence-electron chi connectivity index (χ1n) is 11.6. The van der Waals surface area contributed by atoms with E-state index in [1.807, 2.05) is 12.1 Å². The summed E-state index contributed by atoms with van der Waals surface area (Å²) in [5.74, 6) is -4.42. The number of hydrogen-bond donors (Lipinski definition) is 4. The molecular formula is C26H24ClNO9S3. The summed E-state index contributed by atoms with van der Waals surface area (Å²) in [5.41, 5.74) is 0.283. The molecule has 3 aromatic rings. The Morgan fingerprint density at radius 1 is 1.02 bits per heavy atom. The Bertz CT molecular complexity index is 1540. The second-order valence-electron chi connectivity index (χ2n) is 8.49. The molecule has 0 spiro atoms. The highest BCUT2D eigenvalue weighted by molar-refractivity contribution is 7.99. The van der Waals surface area contributed by atoms with Crippen LogP contribution in [0.2, 0.25) is 5.02 Å². The third kappa shape index (κ3) is 8.55. The van der Waals surface area contributed by atoms with Gasteiger partial charge >= 0.3 is 11.9 Å². The van der Waals surface area contributed by atoms with Crippen molar-refractivity contribution in [1.82, 2.24) is 5.32 Å². The van der Waals surface area contributed by atoms with Crippen molar-refractivity contribution in [1.29, 1.82) is 0 Å². The van der Waals surface area contributed by atoms with Crippen LogP contribution in [-0.4, -0.2) is 64.9 Å². The van der Waals surface area contributed by atoms with E-state index in [0.717, 1.165) is 35.1 Å². The van der Waals surface area contributed by atoms with Crippen LogP contribution in [0.15, 0.2) is 59.5 Å². The molecule has 3 rings (SSSR count). The number of rotatable bonds is 14. The number of ketones is 1. The van der Waals surface area contributed by atoms with Crippen molar-refractivity contribution >= 4 is 68.2 Å². The maximum Gasteiger partial charge on any atom is 0.339 e. The number of aromatic carboxylic acids is 1. The second-order valence-corrected chi connectivity index (χ2v) is 13.2. The Labute approximate surface area is 242 Å². The molecule has 0 radical (unpaired) electrons. The summed E-state index contributed by atoms with van der Waals surface area (Å²) in [6.45, 7) is 0. The number of carboxylic acid groups (broad SMARTS) is 2. The van der Waals surface area contributed by atoms with Crippen molar-refractivity contribution in [3.05, 3.63) is 80.5 Å². The van der Waals surface area contributed by atoms with Gasteiger partial charge in [0.25, 0.3) is 5.91 Å². The van der Waals surface area contributed by atoms with Gasteiger partial charge in [0, 0.05) is 15.7 Å². The minimum absolute atomic E-state index is 0.0136. The van der Waals surface area contributed by atoms with Gasteiger partial charge in [0.05, 0.1) is 33.7 Å². The number of amides is 1. The Morgan fingerprint density at radius 3 is 2.42 bits per heavy atom. The first-order chi connectivity index (χ1) is 18.9. The Balaban J connectivity index is 1.61. The monoisotopic (exact) mass is 625 g/mol. The lowest BCUT2D eigenvalue weighted by molar-refractivity contribution is -0.139. The first-order valence-corrected chi connectivity index (χ1v) is 15.6. The highest BCUT2D eigenvalue weighted by atomic mass is 35.5. The molecule has 1 aromatic heterocycles. The molecule has 4 N–H and O–H groups in total. The quantitative estimate of drug-likeness (QED) is 0.206. The van der Waals surface area contributed by atoms with E-state index in [9.17, 15) is 37.8 Å². The van der Waals surface area contributed by atoms with Crippen LogP contribution in [0.4, 0.5) is 0 Å². The molecule has 0 bridgehead atoms. The van der Waals surface area contributed by atoms with Crippen LogP contribution in [0.1, 0.15) is 36.9 Å². The van der Waals surface area contributed by atoms with Gasteiger partial charge < -0.3 is 20.6 Å². The van der Waals surface area contributed by atoms with E-state index in [1.165, 1.54) is 17.8 Å². The number of carbonyl (C=O) groups excluding carboxylic acids is 2. The number of sulfone groups is 1. The summed E-state index contributed by atoms with van der Waals surface area (Å²) >= 11 is 8.35. The smallest absolute Gasteiger partial charge is 0.339 e. The first kappa shape index (κ1) is 31.1. The van der Waals surface area contributed by atoms with Gasteiger partial charge in [-0.3, -0.25) is 14.4 Å². The number of halogens is 1. The molecule has 0 aliphatic carbocycles. The van der Waals surface area contributed by atoms with Crippen molar-refractivity contribution in [2.45, 2.75) is 29.5 Å². The maximum absolute atomic E-state index is 12.8. The third-order valence-electron chi connectivity index (χ3n) is 5.59. The number of thiophene rings is 1. The number of phenols is 1. The average molecular weight is 626 g/mol. The van der Waals surface area contributed by atoms with E-state index in [0.29, 0.717) is 15.7 Å². The number of nitrogens with one attached hydrogen (secondary N) is 1. The van der Waals surface area contributed by atoms with Crippen LogP contribution in [0.5, 0.6) is 5.75 Å². The lowest BCUT2D eigenvalue weighted by atomic mass is 10.1. The zero-order valence-electron chi connectivity index (χ0n) is 20.7. The van der Waals surface area contributed by atoms with Gasteiger partial charge in [0.2, 0.25) is 0 Å². The van der Waals surface area contributed by atoms with Crippen LogP contribution in [0, 0.1) is 0 Å². The van der Waals surface area contributed by atoms with E-state index in [4.69, 9.17) is 16.7 Å². The van der Waals surface area contributed by atoms with E-state index >= 15 is 0 Å². The molecular weight excluding hydrogens is 602 g/mol. The number of thioether (sulfide) groups is 1. The molecule has 1 amide bonds. The van der Waals surface area contributed by atoms with Crippen LogP contribution in [0.25, 0.3) is 0 Å². The molecule has 212 valence electrons. The largest absolute Gasteiger partial charge is 0.507 e. The number of benzene rings is 2. The lowest BCUT2D eigenvalue weighted by Crippen LogP contribution is -2.43. The number of carbonyl (C=O) groups is 4. The van der Waals surface area contributed by atoms with Crippen LogP contribution in [0.3, 0.4) is 0 Å². The normalized spacial score (nSPS) is 12.0. The molecule has 0 fully saturated rings. The Kier molecular flexibility index (Phi) is 10.7. The van der Waals surface area contributed by atoms with Crippen molar-refractivity contribution in [3.63, 3.8) is 0 Å². The molecule has 40 heavy (non-hydrogen) atoms. The van der Waals surface area contributed by atoms with Crippen LogP contribution >= 0.6 is 34.7 Å². The fourth-order valence-electron chi connectivity index (χ4n) is 3.49. The van der Waals surface area contributed by atoms with Gasteiger partial charge in [-0.15, -0.1) is 23.1 Å². The Morgan fingerprint density at radius 2 is 1.75 bits per heavy atom. The molecule has 1 heterocycles. The SMILES string of the molecule is O=C(O)CC(NC(=O)c1ccc(CCS(=O)(=O)c2ccc(O)c(C(=O)O)c2)s1)C(=O)CSCc1ccccc1Cl. The summed E-state index contributed by atoms with van der Waals surface area (Å²) in [6.07, 6.45) is -0.585. The van der Waals surface area contributed by atoms with Gasteiger partial charge in [-0.25, -0.2) is 13.2 Å². The lowest BCUT2D eigenvalue weighted by Gasteiger charge is -2.15. The van der Waals surface area contributed by atoms with Gasteiger partial charge in [0.1, 0.15) is 11.3 Å². The van der Waals surface area contributed by atoms with Crippen LogP contribution in [-0.2, 0) is 31.6 Å². The van der Waals surface area contributed by atoms with E-state index in [1.54, 1.807) is 18.2 Å². The van der Waals surface area contributed by atoms with Crippen molar-refractivity contribution < 1.29 is 42.9 Å². The molecule has 0 aliphatic heterocycles. The van der Waals surface area contributed by atoms with Crippen molar-refractivity contribution in [2.24, 2.45) is 0 Å². The number of Topliss-reactive ketones (excluding diaryl/α,β-unsaturated/α-hetero) is 1. The number of hydrogen-bond acceptors (Lipinski definition) is 9. The molecule has 14 heteroatoms. The standard InChI is InChI=1S/C26H24ClNO9S3/c27-19-4-2-1-3-15(19)13-38-14-22(30)20(12-24(31)32)28-25(33)23-8-5-16(39-23)9-10-40(36,37)17-6-7-21(29)18(11-17)26(34)35/h1-8,11,20,29H,9-10,12-14H2,(H,28,33)(H,31,32)(H,34,35). The minimum atomic E-state index is -3.91. The fraction of sp³-hybridized carbons (Fsp3) is 0.231. The second kappa shape index (κ2) is 13.8. The molecule has 10 nitrogen and oxygen atoms in total. The number of aromatic hydroxyl groups is 1. The predicted molar refractivity (Wildman–Crippen MR) is 151 cm³/mol. The zero-order valence-corrected chi connectivity index (χ0v) is 23.9.